The molecule has 7 nitrogen and oxygen atoms in total. The van der Waals surface area contributed by atoms with Crippen LogP contribution < -0.4 is 15.4 Å². The van der Waals surface area contributed by atoms with Gasteiger partial charge in [-0.25, -0.2) is 15.0 Å². The van der Waals surface area contributed by atoms with Gasteiger partial charge < -0.3 is 20.1 Å². The normalized spacial score (nSPS) is 18.8. The van der Waals surface area contributed by atoms with Crippen LogP contribution in [0.5, 0.6) is 5.75 Å². The smallest absolute Gasteiger partial charge is 0.219 e. The molecule has 3 aromatic rings. The van der Waals surface area contributed by atoms with E-state index in [-0.39, 0.29) is 11.9 Å². The van der Waals surface area contributed by atoms with Crippen LogP contribution in [0.1, 0.15) is 23.5 Å². The highest BCUT2D eigenvalue weighted by atomic mass is 16.5. The van der Waals surface area contributed by atoms with Crippen molar-refractivity contribution >= 4 is 11.8 Å². The van der Waals surface area contributed by atoms with E-state index in [1.54, 1.807) is 12.4 Å². The molecule has 1 atom stereocenters. The van der Waals surface area contributed by atoms with Gasteiger partial charge in [0.15, 0.2) is 0 Å². The molecule has 0 bridgehead atoms. The number of fused-ring (bicyclic) bond motifs is 1. The van der Waals surface area contributed by atoms with E-state index < -0.39 is 0 Å². The van der Waals surface area contributed by atoms with Crippen molar-refractivity contribution in [3.8, 4) is 17.0 Å². The fourth-order valence-corrected chi connectivity index (χ4v) is 4.00. The number of anilines is 2. The van der Waals surface area contributed by atoms with Crippen LogP contribution in [0, 0.1) is 0 Å². The Morgan fingerprint density at radius 3 is 2.62 bits per heavy atom. The molecule has 7 heteroatoms. The first-order valence-corrected chi connectivity index (χ1v) is 9.92. The van der Waals surface area contributed by atoms with E-state index in [0.717, 1.165) is 42.3 Å². The number of morpholine rings is 1. The molecule has 0 amide bonds. The fourth-order valence-electron chi connectivity index (χ4n) is 4.00. The minimum atomic E-state index is 0.260. The maximum Gasteiger partial charge on any atom is 0.219 e. The number of nitrogen functional groups attached to an aromatic ring is 1. The molecule has 1 aromatic carbocycles. The Balaban J connectivity index is 1.61. The molecular weight excluding hydrogens is 366 g/mol. The number of hydrogen-bond donors (Lipinski definition) is 1. The van der Waals surface area contributed by atoms with Crippen molar-refractivity contribution in [2.45, 2.75) is 12.3 Å². The number of para-hydroxylation sites is 1. The van der Waals surface area contributed by atoms with Gasteiger partial charge in [-0.3, -0.25) is 0 Å². The van der Waals surface area contributed by atoms with Crippen molar-refractivity contribution in [2.75, 3.05) is 43.5 Å². The SMILES string of the molecule is Nc1ncc(-c2cc(C3CCOc4ccccc43)cc(N3CCOCC3)n2)cn1. The molecule has 0 aliphatic carbocycles. The van der Waals surface area contributed by atoms with Crippen LogP contribution in [-0.4, -0.2) is 47.9 Å². The van der Waals surface area contributed by atoms with Gasteiger partial charge in [0.1, 0.15) is 11.6 Å². The number of aromatic nitrogens is 3. The van der Waals surface area contributed by atoms with E-state index in [1.165, 1.54) is 11.1 Å². The maximum absolute atomic E-state index is 5.87. The Bertz CT molecular complexity index is 1000. The lowest BCUT2D eigenvalue weighted by atomic mass is 9.86. The highest BCUT2D eigenvalue weighted by molar-refractivity contribution is 5.63. The summed E-state index contributed by atoms with van der Waals surface area (Å²) in [6.07, 6.45) is 4.40. The number of benzene rings is 1. The third kappa shape index (κ3) is 3.61. The van der Waals surface area contributed by atoms with Crippen molar-refractivity contribution < 1.29 is 9.47 Å². The zero-order valence-corrected chi connectivity index (χ0v) is 16.1. The van der Waals surface area contributed by atoms with Crippen molar-refractivity contribution in [3.63, 3.8) is 0 Å². The average Bonchev–Trinajstić information content (AvgIpc) is 2.79. The summed E-state index contributed by atoms with van der Waals surface area (Å²) in [5, 5.41) is 0. The second kappa shape index (κ2) is 7.67. The number of nitrogens with zero attached hydrogens (tertiary/aromatic N) is 4. The predicted octanol–water partition coefficient (Wildman–Crippen LogP) is 2.87. The Hall–Kier alpha value is -3.19. The summed E-state index contributed by atoms with van der Waals surface area (Å²) in [7, 11) is 0. The molecule has 1 saturated heterocycles. The van der Waals surface area contributed by atoms with Crippen molar-refractivity contribution in [2.24, 2.45) is 0 Å². The van der Waals surface area contributed by atoms with Gasteiger partial charge in [0.25, 0.3) is 0 Å². The van der Waals surface area contributed by atoms with Gasteiger partial charge in [-0.2, -0.15) is 0 Å². The Morgan fingerprint density at radius 1 is 1.00 bits per heavy atom. The zero-order chi connectivity index (χ0) is 19.6. The summed E-state index contributed by atoms with van der Waals surface area (Å²) in [4.78, 5) is 15.5. The Labute approximate surface area is 169 Å². The molecule has 2 aliphatic heterocycles. The summed E-state index contributed by atoms with van der Waals surface area (Å²) in [6, 6.07) is 12.6. The van der Waals surface area contributed by atoms with E-state index in [1.807, 2.05) is 12.1 Å². The number of hydrogen-bond acceptors (Lipinski definition) is 7. The monoisotopic (exact) mass is 389 g/mol. The number of nitrogens with two attached hydrogens (primary N) is 1. The Kier molecular flexibility index (Phi) is 4.73. The van der Waals surface area contributed by atoms with Crippen molar-refractivity contribution in [3.05, 3.63) is 59.9 Å². The maximum atomic E-state index is 5.87. The summed E-state index contributed by atoms with van der Waals surface area (Å²) in [5.41, 5.74) is 9.83. The molecule has 0 radical (unpaired) electrons. The van der Waals surface area contributed by atoms with Gasteiger partial charge in [0.05, 0.1) is 25.5 Å². The van der Waals surface area contributed by atoms with Crippen LogP contribution in [0.25, 0.3) is 11.3 Å². The van der Waals surface area contributed by atoms with Crippen LogP contribution in [0.4, 0.5) is 11.8 Å². The Morgan fingerprint density at radius 2 is 1.79 bits per heavy atom. The minimum absolute atomic E-state index is 0.260. The van der Waals surface area contributed by atoms with Gasteiger partial charge in [-0.1, -0.05) is 18.2 Å². The molecule has 2 aromatic heterocycles. The number of ether oxygens (including phenoxy) is 2. The van der Waals surface area contributed by atoms with Crippen LogP contribution in [0.2, 0.25) is 0 Å². The zero-order valence-electron chi connectivity index (χ0n) is 16.1. The van der Waals surface area contributed by atoms with Crippen molar-refractivity contribution in [1.82, 2.24) is 15.0 Å². The topological polar surface area (TPSA) is 86.4 Å². The molecule has 1 unspecified atom stereocenters. The lowest BCUT2D eigenvalue weighted by Crippen LogP contribution is -2.37. The molecule has 2 aliphatic rings. The molecular formula is C22H23N5O2. The van der Waals surface area contributed by atoms with Crippen LogP contribution in [0.3, 0.4) is 0 Å². The van der Waals surface area contributed by atoms with E-state index in [4.69, 9.17) is 20.2 Å². The van der Waals surface area contributed by atoms with Gasteiger partial charge in [0, 0.05) is 42.5 Å². The third-order valence-electron chi connectivity index (χ3n) is 5.50. The lowest BCUT2D eigenvalue weighted by Gasteiger charge is -2.30. The van der Waals surface area contributed by atoms with E-state index in [2.05, 4.69) is 39.1 Å². The fraction of sp³-hybridized carbons (Fsp3) is 0.318. The molecule has 5 rings (SSSR count). The van der Waals surface area contributed by atoms with E-state index in [0.29, 0.717) is 19.8 Å². The summed E-state index contributed by atoms with van der Waals surface area (Å²) < 4.78 is 11.4. The first-order chi connectivity index (χ1) is 14.3. The summed E-state index contributed by atoms with van der Waals surface area (Å²) in [6.45, 7) is 3.80. The van der Waals surface area contributed by atoms with E-state index in [9.17, 15) is 0 Å². The predicted molar refractivity (Wildman–Crippen MR) is 111 cm³/mol. The molecule has 4 heterocycles. The first kappa shape index (κ1) is 17.9. The van der Waals surface area contributed by atoms with Gasteiger partial charge >= 0.3 is 0 Å². The van der Waals surface area contributed by atoms with Crippen LogP contribution in [0.15, 0.2) is 48.8 Å². The average molecular weight is 389 g/mol. The summed E-state index contributed by atoms with van der Waals surface area (Å²) >= 11 is 0. The van der Waals surface area contributed by atoms with Crippen molar-refractivity contribution in [1.29, 1.82) is 0 Å². The van der Waals surface area contributed by atoms with Gasteiger partial charge in [0.2, 0.25) is 5.95 Å². The van der Waals surface area contributed by atoms with Crippen LogP contribution >= 0.6 is 0 Å². The van der Waals surface area contributed by atoms with E-state index >= 15 is 0 Å². The largest absolute Gasteiger partial charge is 0.493 e. The highest BCUT2D eigenvalue weighted by Gasteiger charge is 2.25. The second-order valence-electron chi connectivity index (χ2n) is 7.30. The molecule has 29 heavy (non-hydrogen) atoms. The first-order valence-electron chi connectivity index (χ1n) is 9.92. The standard InChI is InChI=1S/C22H23N5O2/c23-22-24-13-16(14-25-22)19-11-15(12-21(26-19)27-6-9-28-10-7-27)17-5-8-29-20-4-2-1-3-18(17)20/h1-4,11-14,17H,5-10H2,(H2,23,24,25). The molecule has 2 N–H and O–H groups in total. The third-order valence-corrected chi connectivity index (χ3v) is 5.50. The number of rotatable bonds is 3. The molecule has 1 fully saturated rings. The van der Waals surface area contributed by atoms with Crippen LogP contribution in [-0.2, 0) is 4.74 Å². The molecule has 148 valence electrons. The number of pyridine rings is 1. The van der Waals surface area contributed by atoms with Gasteiger partial charge in [-0.15, -0.1) is 0 Å². The lowest BCUT2D eigenvalue weighted by molar-refractivity contribution is 0.122. The second-order valence-corrected chi connectivity index (χ2v) is 7.30. The quantitative estimate of drug-likeness (QED) is 0.737. The molecule has 0 spiro atoms. The van der Waals surface area contributed by atoms with Gasteiger partial charge in [-0.05, 0) is 30.2 Å². The minimum Gasteiger partial charge on any atom is -0.493 e. The highest BCUT2D eigenvalue weighted by Crippen LogP contribution is 2.39. The molecule has 0 saturated carbocycles. The summed E-state index contributed by atoms with van der Waals surface area (Å²) in [5.74, 6) is 2.44.